The van der Waals surface area contributed by atoms with Crippen LogP contribution < -0.4 is 0 Å². The Balaban J connectivity index is 1.31. The maximum atomic E-state index is 13.4. The van der Waals surface area contributed by atoms with Crippen LogP contribution in [0.25, 0.3) is 11.3 Å². The zero-order chi connectivity index (χ0) is 23.6. The number of hydrogen-bond acceptors (Lipinski definition) is 6. The van der Waals surface area contributed by atoms with E-state index in [1.807, 2.05) is 0 Å². The molecule has 3 aromatic rings. The van der Waals surface area contributed by atoms with E-state index in [1.54, 1.807) is 30.3 Å². The first-order valence-electron chi connectivity index (χ1n) is 10.1. The van der Waals surface area contributed by atoms with Gasteiger partial charge in [-0.25, -0.2) is 17.2 Å². The molecule has 7 nitrogen and oxygen atoms in total. The smallest absolute Gasteiger partial charge is 0.309 e. The number of aromatic nitrogens is 1. The van der Waals surface area contributed by atoms with E-state index in [-0.39, 0.29) is 37.4 Å². The van der Waals surface area contributed by atoms with Crippen LogP contribution in [0.3, 0.4) is 0 Å². The van der Waals surface area contributed by atoms with Gasteiger partial charge in [-0.3, -0.25) is 4.79 Å². The molecule has 0 aliphatic carbocycles. The van der Waals surface area contributed by atoms with Gasteiger partial charge in [0.15, 0.2) is 24.0 Å². The first-order valence-corrected chi connectivity index (χ1v) is 11.9. The van der Waals surface area contributed by atoms with Crippen LogP contribution >= 0.6 is 11.6 Å². The normalized spacial score (nSPS) is 15.5. The average Bonchev–Trinajstić information content (AvgIpc) is 3.29. The van der Waals surface area contributed by atoms with E-state index in [4.69, 9.17) is 20.9 Å². The van der Waals surface area contributed by atoms with Crippen molar-refractivity contribution in [2.75, 3.05) is 13.1 Å². The highest BCUT2D eigenvalue weighted by Crippen LogP contribution is 2.26. The Labute approximate surface area is 193 Å². The van der Waals surface area contributed by atoms with Crippen molar-refractivity contribution in [3.8, 4) is 11.3 Å². The van der Waals surface area contributed by atoms with Gasteiger partial charge in [-0.1, -0.05) is 28.9 Å². The first kappa shape index (κ1) is 23.3. The number of esters is 1. The Kier molecular flexibility index (Phi) is 6.78. The van der Waals surface area contributed by atoms with Crippen LogP contribution in [0.1, 0.15) is 18.6 Å². The predicted molar refractivity (Wildman–Crippen MR) is 115 cm³/mol. The fraction of sp³-hybridized carbons (Fsp3) is 0.273. The standard InChI is InChI=1S/C22H19ClF2N2O5S/c23-16-3-1-14(2-4-16)21-11-17(32-26-21)13-31-22(28)15-7-9-27(10-8-15)33(29,30)18-5-6-19(24)20(25)12-18/h1-6,11-12,15H,7-10,13H2. The summed E-state index contributed by atoms with van der Waals surface area (Å²) in [6.07, 6.45) is 0.488. The molecule has 0 radical (unpaired) electrons. The molecule has 0 bridgehead atoms. The monoisotopic (exact) mass is 496 g/mol. The SMILES string of the molecule is O=C(OCc1cc(-c2ccc(Cl)cc2)no1)C1CCN(S(=O)(=O)c2ccc(F)c(F)c2)CC1. The number of rotatable bonds is 6. The summed E-state index contributed by atoms with van der Waals surface area (Å²) < 4.78 is 63.6. The minimum atomic E-state index is -3.99. The van der Waals surface area contributed by atoms with Crippen molar-refractivity contribution in [2.24, 2.45) is 5.92 Å². The van der Waals surface area contributed by atoms with Gasteiger partial charge in [0, 0.05) is 29.7 Å². The van der Waals surface area contributed by atoms with E-state index < -0.39 is 33.5 Å². The Bertz CT molecular complexity index is 1260. The maximum Gasteiger partial charge on any atom is 0.309 e. The van der Waals surface area contributed by atoms with Gasteiger partial charge in [0.1, 0.15) is 5.69 Å². The van der Waals surface area contributed by atoms with E-state index in [1.165, 1.54) is 0 Å². The summed E-state index contributed by atoms with van der Waals surface area (Å²) in [7, 11) is -3.99. The van der Waals surface area contributed by atoms with Crippen molar-refractivity contribution < 1.29 is 31.3 Å². The lowest BCUT2D eigenvalue weighted by Gasteiger charge is -2.30. The number of carbonyl (C=O) groups excluding carboxylic acids is 1. The molecule has 1 aliphatic heterocycles. The first-order chi connectivity index (χ1) is 15.7. The number of halogens is 3. The molecule has 0 spiro atoms. The molecule has 0 unspecified atom stereocenters. The lowest BCUT2D eigenvalue weighted by Crippen LogP contribution is -2.40. The molecule has 1 saturated heterocycles. The average molecular weight is 497 g/mol. The van der Waals surface area contributed by atoms with Gasteiger partial charge in [0.25, 0.3) is 0 Å². The van der Waals surface area contributed by atoms with Gasteiger partial charge in [0.05, 0.1) is 10.8 Å². The number of nitrogens with zero attached hydrogens (tertiary/aromatic N) is 2. The number of ether oxygens (including phenoxy) is 1. The Hall–Kier alpha value is -2.82. The number of hydrogen-bond donors (Lipinski definition) is 0. The van der Waals surface area contributed by atoms with Crippen LogP contribution in [0.15, 0.2) is 57.9 Å². The highest BCUT2D eigenvalue weighted by atomic mass is 35.5. The zero-order valence-electron chi connectivity index (χ0n) is 17.2. The minimum Gasteiger partial charge on any atom is -0.457 e. The third-order valence-electron chi connectivity index (χ3n) is 5.37. The maximum absolute atomic E-state index is 13.4. The number of benzene rings is 2. The molecule has 11 heteroatoms. The highest BCUT2D eigenvalue weighted by Gasteiger charge is 2.33. The second kappa shape index (κ2) is 9.58. The fourth-order valence-electron chi connectivity index (χ4n) is 3.52. The summed E-state index contributed by atoms with van der Waals surface area (Å²) in [5.74, 6) is -2.94. The number of sulfonamides is 1. The molecular weight excluding hydrogens is 478 g/mol. The van der Waals surface area contributed by atoms with Crippen molar-refractivity contribution in [1.29, 1.82) is 0 Å². The van der Waals surface area contributed by atoms with Gasteiger partial charge in [-0.05, 0) is 43.2 Å². The van der Waals surface area contributed by atoms with Crippen molar-refractivity contribution >= 4 is 27.6 Å². The molecule has 174 valence electrons. The zero-order valence-corrected chi connectivity index (χ0v) is 18.8. The summed E-state index contributed by atoms with van der Waals surface area (Å²) in [6.45, 7) is 0.0149. The summed E-state index contributed by atoms with van der Waals surface area (Å²) in [6, 6.07) is 11.1. The van der Waals surface area contributed by atoms with Gasteiger partial charge in [-0.2, -0.15) is 4.31 Å². The molecule has 1 aromatic heterocycles. The lowest BCUT2D eigenvalue weighted by molar-refractivity contribution is -0.151. The molecular formula is C22H19ClF2N2O5S. The van der Waals surface area contributed by atoms with Crippen molar-refractivity contribution in [3.63, 3.8) is 0 Å². The Morgan fingerprint density at radius 1 is 1.09 bits per heavy atom. The Morgan fingerprint density at radius 3 is 2.45 bits per heavy atom. The summed E-state index contributed by atoms with van der Waals surface area (Å²) >= 11 is 5.87. The molecule has 0 saturated carbocycles. The fourth-order valence-corrected chi connectivity index (χ4v) is 5.12. The quantitative estimate of drug-likeness (QED) is 0.469. The van der Waals surface area contributed by atoms with E-state index in [0.717, 1.165) is 22.0 Å². The van der Waals surface area contributed by atoms with Crippen molar-refractivity contribution in [2.45, 2.75) is 24.3 Å². The topological polar surface area (TPSA) is 89.7 Å². The molecule has 0 N–H and O–H groups in total. The number of carbonyl (C=O) groups is 1. The molecule has 1 aliphatic rings. The van der Waals surface area contributed by atoms with Crippen LogP contribution in [-0.2, 0) is 26.2 Å². The van der Waals surface area contributed by atoms with Crippen molar-refractivity contribution in [3.05, 3.63) is 70.9 Å². The second-order valence-corrected chi connectivity index (χ2v) is 9.92. The third-order valence-corrected chi connectivity index (χ3v) is 7.52. The lowest BCUT2D eigenvalue weighted by atomic mass is 9.98. The van der Waals surface area contributed by atoms with Crippen LogP contribution in [0, 0.1) is 17.6 Å². The second-order valence-electron chi connectivity index (χ2n) is 7.55. The molecule has 0 atom stereocenters. The third kappa shape index (κ3) is 5.23. The highest BCUT2D eigenvalue weighted by molar-refractivity contribution is 7.89. The van der Waals surface area contributed by atoms with Crippen LogP contribution in [0.4, 0.5) is 8.78 Å². The van der Waals surface area contributed by atoms with E-state index in [2.05, 4.69) is 5.16 Å². The van der Waals surface area contributed by atoms with E-state index >= 15 is 0 Å². The van der Waals surface area contributed by atoms with Gasteiger partial charge < -0.3 is 9.26 Å². The van der Waals surface area contributed by atoms with E-state index in [0.29, 0.717) is 22.5 Å². The van der Waals surface area contributed by atoms with Crippen molar-refractivity contribution in [1.82, 2.24) is 9.46 Å². The number of piperidine rings is 1. The van der Waals surface area contributed by atoms with Gasteiger partial charge in [0.2, 0.25) is 10.0 Å². The summed E-state index contributed by atoms with van der Waals surface area (Å²) in [5.41, 5.74) is 1.38. The molecule has 33 heavy (non-hydrogen) atoms. The van der Waals surface area contributed by atoms with Gasteiger partial charge >= 0.3 is 5.97 Å². The summed E-state index contributed by atoms with van der Waals surface area (Å²) in [5, 5.41) is 4.55. The molecule has 2 aromatic carbocycles. The minimum absolute atomic E-state index is 0.0596. The Morgan fingerprint density at radius 2 is 1.79 bits per heavy atom. The predicted octanol–water partition coefficient (Wildman–Crippen LogP) is 4.42. The van der Waals surface area contributed by atoms with E-state index in [9.17, 15) is 22.0 Å². The molecule has 4 rings (SSSR count). The summed E-state index contributed by atoms with van der Waals surface area (Å²) in [4.78, 5) is 12.1. The van der Waals surface area contributed by atoms with Crippen LogP contribution in [0.5, 0.6) is 0 Å². The van der Waals surface area contributed by atoms with Gasteiger partial charge in [-0.15, -0.1) is 0 Å². The van der Waals surface area contributed by atoms with Crippen LogP contribution in [0.2, 0.25) is 5.02 Å². The largest absolute Gasteiger partial charge is 0.457 e. The molecule has 0 amide bonds. The molecule has 1 fully saturated rings. The van der Waals surface area contributed by atoms with Crippen LogP contribution in [-0.4, -0.2) is 36.9 Å². The molecule has 2 heterocycles.